The number of carbonyl (C=O) groups is 1. The van der Waals surface area contributed by atoms with Crippen molar-refractivity contribution in [3.63, 3.8) is 0 Å². The number of aromatic nitrogens is 3. The van der Waals surface area contributed by atoms with E-state index in [1.54, 1.807) is 24.5 Å². The summed E-state index contributed by atoms with van der Waals surface area (Å²) in [5.74, 6) is -1.66. The Morgan fingerprint density at radius 2 is 1.87 bits per heavy atom. The monoisotopic (exact) mass is 315 g/mol. The van der Waals surface area contributed by atoms with Crippen LogP contribution in [0.25, 0.3) is 11.4 Å². The first-order chi connectivity index (χ1) is 11.1. The summed E-state index contributed by atoms with van der Waals surface area (Å²) in [6, 6.07) is 6.53. The van der Waals surface area contributed by atoms with Crippen LogP contribution in [0.4, 0.5) is 8.78 Å². The molecule has 3 rings (SSSR count). The van der Waals surface area contributed by atoms with Gasteiger partial charge in [-0.15, -0.1) is 0 Å². The molecule has 0 saturated heterocycles. The number of pyridine rings is 1. The van der Waals surface area contributed by atoms with Crippen LogP contribution in [0.5, 0.6) is 0 Å². The van der Waals surface area contributed by atoms with Crippen molar-refractivity contribution < 1.29 is 18.1 Å². The molecule has 5 nitrogen and oxygen atoms in total. The largest absolute Gasteiger partial charge is 0.339 e. The van der Waals surface area contributed by atoms with Crippen LogP contribution in [0, 0.1) is 11.6 Å². The van der Waals surface area contributed by atoms with Crippen molar-refractivity contribution in [2.24, 2.45) is 0 Å². The Kier molecular flexibility index (Phi) is 4.18. The summed E-state index contributed by atoms with van der Waals surface area (Å²) in [6.45, 7) is 0. The summed E-state index contributed by atoms with van der Waals surface area (Å²) < 4.78 is 31.1. The average Bonchev–Trinajstić information content (AvgIpc) is 3.05. The number of ketones is 1. The van der Waals surface area contributed by atoms with Gasteiger partial charge in [-0.25, -0.2) is 8.78 Å². The number of Topliss-reactive ketones (excluding diaryl/α,β-unsaturated/α-hetero) is 1. The zero-order chi connectivity index (χ0) is 16.2. The van der Waals surface area contributed by atoms with Gasteiger partial charge in [-0.3, -0.25) is 9.78 Å². The van der Waals surface area contributed by atoms with Crippen molar-refractivity contribution in [2.75, 3.05) is 0 Å². The van der Waals surface area contributed by atoms with Crippen LogP contribution in [-0.2, 0) is 6.42 Å². The maximum Gasteiger partial charge on any atom is 0.227 e. The molecule has 0 bridgehead atoms. The predicted molar refractivity (Wildman–Crippen MR) is 76.5 cm³/mol. The van der Waals surface area contributed by atoms with Crippen molar-refractivity contribution in [1.82, 2.24) is 15.1 Å². The Bertz CT molecular complexity index is 834. The third-order valence-corrected chi connectivity index (χ3v) is 3.21. The molecule has 7 heteroatoms. The first-order valence-electron chi connectivity index (χ1n) is 6.85. The van der Waals surface area contributed by atoms with Crippen LogP contribution < -0.4 is 0 Å². The molecule has 116 valence electrons. The third kappa shape index (κ3) is 3.45. The van der Waals surface area contributed by atoms with Crippen LogP contribution in [0.2, 0.25) is 0 Å². The second-order valence-electron chi connectivity index (χ2n) is 4.80. The van der Waals surface area contributed by atoms with Gasteiger partial charge in [0.1, 0.15) is 0 Å². The number of halogens is 2. The van der Waals surface area contributed by atoms with Gasteiger partial charge in [0.25, 0.3) is 0 Å². The van der Waals surface area contributed by atoms with Gasteiger partial charge in [0.15, 0.2) is 17.4 Å². The summed E-state index contributed by atoms with van der Waals surface area (Å²) >= 11 is 0. The molecule has 0 fully saturated rings. The summed E-state index contributed by atoms with van der Waals surface area (Å²) in [5.41, 5.74) is 0.861. The Morgan fingerprint density at radius 1 is 1.09 bits per heavy atom. The van der Waals surface area contributed by atoms with Crippen molar-refractivity contribution in [3.8, 4) is 11.4 Å². The highest BCUT2D eigenvalue weighted by molar-refractivity contribution is 5.96. The lowest BCUT2D eigenvalue weighted by Crippen LogP contribution is -2.02. The standard InChI is InChI=1S/C16H11F2N3O2/c17-12-2-1-11(9-13(12)18)14(22)3-4-15-20-16(21-23-15)10-5-7-19-8-6-10/h1-2,5-9H,3-4H2. The summed E-state index contributed by atoms with van der Waals surface area (Å²) in [7, 11) is 0. The van der Waals surface area contributed by atoms with Crippen LogP contribution in [0.15, 0.2) is 47.2 Å². The van der Waals surface area contributed by atoms with Crippen molar-refractivity contribution >= 4 is 5.78 Å². The molecule has 0 N–H and O–H groups in total. The second-order valence-corrected chi connectivity index (χ2v) is 4.80. The SMILES string of the molecule is O=C(CCc1nc(-c2ccncc2)no1)c1ccc(F)c(F)c1. The highest BCUT2D eigenvalue weighted by Crippen LogP contribution is 2.16. The molecule has 0 atom stereocenters. The minimum absolute atomic E-state index is 0.0586. The molecule has 0 spiro atoms. The minimum Gasteiger partial charge on any atom is -0.339 e. The molecular weight excluding hydrogens is 304 g/mol. The van der Waals surface area contributed by atoms with E-state index in [1.165, 1.54) is 6.07 Å². The number of hydrogen-bond acceptors (Lipinski definition) is 5. The van der Waals surface area contributed by atoms with Crippen LogP contribution >= 0.6 is 0 Å². The molecule has 0 aliphatic heterocycles. The Morgan fingerprint density at radius 3 is 2.61 bits per heavy atom. The van der Waals surface area contributed by atoms with Gasteiger partial charge >= 0.3 is 0 Å². The molecule has 0 saturated carbocycles. The Hall–Kier alpha value is -2.96. The molecule has 0 unspecified atom stereocenters. The fourth-order valence-electron chi connectivity index (χ4n) is 2.01. The summed E-state index contributed by atoms with van der Waals surface area (Å²) in [6.07, 6.45) is 3.49. The fraction of sp³-hybridized carbons (Fsp3) is 0.125. The highest BCUT2D eigenvalue weighted by atomic mass is 19.2. The first kappa shape index (κ1) is 15.0. The summed E-state index contributed by atoms with van der Waals surface area (Å²) in [4.78, 5) is 20.1. The van der Waals surface area contributed by atoms with E-state index >= 15 is 0 Å². The van der Waals surface area contributed by atoms with Gasteiger partial charge in [-0.2, -0.15) is 4.98 Å². The molecule has 0 amide bonds. The number of aryl methyl sites for hydroxylation is 1. The maximum absolute atomic E-state index is 13.1. The van der Waals surface area contributed by atoms with Crippen molar-refractivity contribution in [2.45, 2.75) is 12.8 Å². The zero-order valence-corrected chi connectivity index (χ0v) is 11.9. The second kappa shape index (κ2) is 6.43. The summed E-state index contributed by atoms with van der Waals surface area (Å²) in [5, 5.41) is 3.83. The number of carbonyl (C=O) groups excluding carboxylic acids is 1. The highest BCUT2D eigenvalue weighted by Gasteiger charge is 2.13. The van der Waals surface area contributed by atoms with E-state index in [-0.39, 0.29) is 24.2 Å². The lowest BCUT2D eigenvalue weighted by molar-refractivity contribution is 0.0979. The van der Waals surface area contributed by atoms with Gasteiger partial charge in [-0.05, 0) is 30.3 Å². The molecule has 0 aliphatic carbocycles. The molecule has 0 radical (unpaired) electrons. The predicted octanol–water partition coefficient (Wildman–Crippen LogP) is 3.23. The van der Waals surface area contributed by atoms with Crippen molar-refractivity contribution in [3.05, 3.63) is 65.8 Å². The van der Waals surface area contributed by atoms with Crippen LogP contribution in [0.3, 0.4) is 0 Å². The number of hydrogen-bond donors (Lipinski definition) is 0. The Labute approximate surface area is 130 Å². The minimum atomic E-state index is -1.05. The van der Waals surface area contributed by atoms with Crippen LogP contribution in [0.1, 0.15) is 22.7 Å². The maximum atomic E-state index is 13.1. The first-order valence-corrected chi connectivity index (χ1v) is 6.85. The number of nitrogens with zero attached hydrogens (tertiary/aromatic N) is 3. The van der Waals surface area contributed by atoms with Gasteiger partial charge < -0.3 is 4.52 Å². The van der Waals surface area contributed by atoms with Crippen LogP contribution in [-0.4, -0.2) is 20.9 Å². The van der Waals surface area contributed by atoms with Crippen molar-refractivity contribution in [1.29, 1.82) is 0 Å². The quantitative estimate of drug-likeness (QED) is 0.676. The number of benzene rings is 1. The molecule has 2 aromatic heterocycles. The third-order valence-electron chi connectivity index (χ3n) is 3.21. The van der Waals surface area contributed by atoms with E-state index in [4.69, 9.17) is 4.52 Å². The lowest BCUT2D eigenvalue weighted by atomic mass is 10.1. The van der Waals surface area contributed by atoms with E-state index in [0.29, 0.717) is 11.7 Å². The van der Waals surface area contributed by atoms with E-state index in [2.05, 4.69) is 15.1 Å². The molecule has 1 aromatic carbocycles. The number of rotatable bonds is 5. The van der Waals surface area contributed by atoms with Gasteiger partial charge in [0, 0.05) is 36.4 Å². The van der Waals surface area contributed by atoms with Gasteiger partial charge in [-0.1, -0.05) is 5.16 Å². The van der Waals surface area contributed by atoms with Gasteiger partial charge in [0.05, 0.1) is 0 Å². The zero-order valence-electron chi connectivity index (χ0n) is 11.9. The fourth-order valence-corrected chi connectivity index (χ4v) is 2.01. The molecule has 2 heterocycles. The molecule has 23 heavy (non-hydrogen) atoms. The van der Waals surface area contributed by atoms with E-state index in [1.807, 2.05) is 0 Å². The normalized spacial score (nSPS) is 10.7. The van der Waals surface area contributed by atoms with E-state index in [9.17, 15) is 13.6 Å². The van der Waals surface area contributed by atoms with Gasteiger partial charge in [0.2, 0.25) is 11.7 Å². The Balaban J connectivity index is 1.65. The average molecular weight is 315 g/mol. The molecule has 3 aromatic rings. The van der Waals surface area contributed by atoms with E-state index in [0.717, 1.165) is 17.7 Å². The molecule has 0 aliphatic rings. The van der Waals surface area contributed by atoms with E-state index < -0.39 is 11.6 Å². The lowest BCUT2D eigenvalue weighted by Gasteiger charge is -2.00. The topological polar surface area (TPSA) is 68.9 Å². The molecular formula is C16H11F2N3O2. The smallest absolute Gasteiger partial charge is 0.227 e.